The van der Waals surface area contributed by atoms with Crippen molar-refractivity contribution in [1.82, 2.24) is 14.1 Å². The molecule has 2 aliphatic rings. The molecule has 2 aromatic heterocycles. The largest absolute Gasteiger partial charge is 0.356 e. The lowest BCUT2D eigenvalue weighted by atomic mass is 9.95. The van der Waals surface area contributed by atoms with Gasteiger partial charge < -0.3 is 4.90 Å². The van der Waals surface area contributed by atoms with E-state index in [0.29, 0.717) is 24.5 Å². The number of nitriles is 1. The van der Waals surface area contributed by atoms with Gasteiger partial charge in [-0.3, -0.25) is 14.3 Å². The van der Waals surface area contributed by atoms with E-state index in [1.54, 1.807) is 0 Å². The molecular weight excluding hydrogens is 456 g/mol. The number of halogens is 3. The van der Waals surface area contributed by atoms with Gasteiger partial charge in [0, 0.05) is 24.7 Å². The molecule has 0 atom stereocenters. The Morgan fingerprint density at radius 3 is 2.53 bits per heavy atom. The van der Waals surface area contributed by atoms with Crippen LogP contribution in [0, 0.1) is 22.6 Å². The van der Waals surface area contributed by atoms with E-state index in [1.165, 1.54) is 41.2 Å². The monoisotopic (exact) mass is 471 g/mol. The molecule has 1 aliphatic heterocycles. The number of aromatic nitrogens is 3. The standard InChI is InChI=1S/C22H16Cl2FN5O2/c23-14-8-15(10-27-9-14)30-20(31)18(13-1-2-17(25)16(24)7-13)19(29(6-5-26)21(30)32)28-11-22(12-28)3-4-22/h1-2,7-10H,3-4,6,11-12H2. The maximum absolute atomic E-state index is 13.9. The van der Waals surface area contributed by atoms with E-state index in [1.807, 2.05) is 11.0 Å². The molecule has 10 heteroatoms. The molecular formula is C22H16Cl2FN5O2. The molecule has 3 aromatic rings. The minimum atomic E-state index is -0.677. The van der Waals surface area contributed by atoms with Crippen molar-refractivity contribution < 1.29 is 4.39 Å². The lowest BCUT2D eigenvalue weighted by molar-refractivity contribution is 0.378. The topological polar surface area (TPSA) is 83.9 Å². The average molecular weight is 472 g/mol. The Bertz CT molecular complexity index is 1410. The predicted molar refractivity (Wildman–Crippen MR) is 119 cm³/mol. The van der Waals surface area contributed by atoms with Crippen molar-refractivity contribution in [2.45, 2.75) is 19.4 Å². The first-order chi connectivity index (χ1) is 15.3. The van der Waals surface area contributed by atoms with E-state index in [2.05, 4.69) is 4.98 Å². The van der Waals surface area contributed by atoms with Crippen LogP contribution in [0.5, 0.6) is 0 Å². The van der Waals surface area contributed by atoms with Crippen LogP contribution in [0.4, 0.5) is 10.2 Å². The molecule has 0 bridgehead atoms. The van der Waals surface area contributed by atoms with Gasteiger partial charge in [0.05, 0.1) is 33.6 Å². The lowest BCUT2D eigenvalue weighted by Crippen LogP contribution is -2.53. The molecule has 7 nitrogen and oxygen atoms in total. The van der Waals surface area contributed by atoms with Gasteiger partial charge >= 0.3 is 5.69 Å². The molecule has 1 saturated heterocycles. The molecule has 0 N–H and O–H groups in total. The summed E-state index contributed by atoms with van der Waals surface area (Å²) < 4.78 is 16.1. The molecule has 0 radical (unpaired) electrons. The van der Waals surface area contributed by atoms with Crippen molar-refractivity contribution in [1.29, 1.82) is 5.26 Å². The fourth-order valence-electron chi connectivity index (χ4n) is 4.24. The summed E-state index contributed by atoms with van der Waals surface area (Å²) >= 11 is 12.1. The summed E-state index contributed by atoms with van der Waals surface area (Å²) in [7, 11) is 0. The molecule has 0 unspecified atom stereocenters. The zero-order chi connectivity index (χ0) is 22.6. The van der Waals surface area contributed by atoms with Crippen LogP contribution in [-0.4, -0.2) is 27.2 Å². The molecule has 1 saturated carbocycles. The van der Waals surface area contributed by atoms with Gasteiger partial charge in [-0.25, -0.2) is 13.8 Å². The summed E-state index contributed by atoms with van der Waals surface area (Å²) in [5.41, 5.74) is -0.396. The third-order valence-electron chi connectivity index (χ3n) is 6.01. The zero-order valence-electron chi connectivity index (χ0n) is 16.7. The van der Waals surface area contributed by atoms with Gasteiger partial charge in [0.25, 0.3) is 5.56 Å². The first-order valence-electron chi connectivity index (χ1n) is 9.92. The van der Waals surface area contributed by atoms with Crippen LogP contribution >= 0.6 is 23.2 Å². The number of hydrogen-bond acceptors (Lipinski definition) is 5. The number of hydrogen-bond donors (Lipinski definition) is 0. The molecule has 1 aromatic carbocycles. The minimum Gasteiger partial charge on any atom is -0.356 e. The van der Waals surface area contributed by atoms with E-state index in [-0.39, 0.29) is 33.3 Å². The Labute approximate surface area is 191 Å². The van der Waals surface area contributed by atoms with Gasteiger partial charge in [0.15, 0.2) is 0 Å². The van der Waals surface area contributed by atoms with Gasteiger partial charge in [0.1, 0.15) is 18.2 Å². The van der Waals surface area contributed by atoms with E-state index in [4.69, 9.17) is 23.2 Å². The van der Waals surface area contributed by atoms with Gasteiger partial charge in [0.2, 0.25) is 0 Å². The maximum atomic E-state index is 13.9. The van der Waals surface area contributed by atoms with Gasteiger partial charge in [-0.05, 0) is 36.6 Å². The number of benzene rings is 1. The summed E-state index contributed by atoms with van der Waals surface area (Å²) in [5, 5.41) is 9.55. The first-order valence-corrected chi connectivity index (χ1v) is 10.7. The van der Waals surface area contributed by atoms with Crippen molar-refractivity contribution in [3.8, 4) is 22.9 Å². The van der Waals surface area contributed by atoms with Crippen LogP contribution < -0.4 is 16.1 Å². The van der Waals surface area contributed by atoms with Crippen LogP contribution in [0.25, 0.3) is 16.8 Å². The molecule has 3 heterocycles. The summed E-state index contributed by atoms with van der Waals surface area (Å²) in [5.74, 6) is -0.282. The Hall–Kier alpha value is -3.15. The molecule has 0 amide bonds. The Morgan fingerprint density at radius 2 is 1.91 bits per heavy atom. The predicted octanol–water partition coefficient (Wildman–Crippen LogP) is 3.63. The summed E-state index contributed by atoms with van der Waals surface area (Å²) in [6, 6.07) is 7.41. The SMILES string of the molecule is N#CCn1c(N2CC3(CC3)C2)c(-c2ccc(F)c(Cl)c2)c(=O)n(-c2cncc(Cl)c2)c1=O. The van der Waals surface area contributed by atoms with Crippen LogP contribution in [0.15, 0.2) is 46.2 Å². The Kier molecular flexibility index (Phi) is 4.84. The fourth-order valence-corrected chi connectivity index (χ4v) is 4.59. The maximum Gasteiger partial charge on any atom is 0.338 e. The van der Waals surface area contributed by atoms with E-state index in [9.17, 15) is 19.2 Å². The van der Waals surface area contributed by atoms with E-state index < -0.39 is 17.1 Å². The van der Waals surface area contributed by atoms with Gasteiger partial charge in [-0.2, -0.15) is 5.26 Å². The molecule has 1 spiro atoms. The zero-order valence-corrected chi connectivity index (χ0v) is 18.2. The van der Waals surface area contributed by atoms with Crippen LogP contribution in [-0.2, 0) is 6.54 Å². The number of rotatable bonds is 4. The summed E-state index contributed by atoms with van der Waals surface area (Å²) in [4.78, 5) is 33.1. The number of nitrogens with zero attached hydrogens (tertiary/aromatic N) is 5. The summed E-state index contributed by atoms with van der Waals surface area (Å²) in [6.45, 7) is 1.10. The van der Waals surface area contributed by atoms with Crippen molar-refractivity contribution in [3.63, 3.8) is 0 Å². The molecule has 162 valence electrons. The van der Waals surface area contributed by atoms with Crippen molar-refractivity contribution in [3.05, 3.63) is 73.4 Å². The van der Waals surface area contributed by atoms with Crippen molar-refractivity contribution in [2.24, 2.45) is 5.41 Å². The second kappa shape index (κ2) is 7.47. The number of anilines is 1. The van der Waals surface area contributed by atoms with Crippen LogP contribution in [0.3, 0.4) is 0 Å². The summed E-state index contributed by atoms with van der Waals surface area (Å²) in [6.07, 6.45) is 4.91. The van der Waals surface area contributed by atoms with Gasteiger partial charge in [-0.1, -0.05) is 29.3 Å². The molecule has 32 heavy (non-hydrogen) atoms. The smallest absolute Gasteiger partial charge is 0.338 e. The van der Waals surface area contributed by atoms with E-state index in [0.717, 1.165) is 17.4 Å². The Balaban J connectivity index is 1.84. The normalized spacial score (nSPS) is 16.0. The van der Waals surface area contributed by atoms with E-state index >= 15 is 0 Å². The average Bonchev–Trinajstić information content (AvgIpc) is 3.53. The second-order valence-electron chi connectivity index (χ2n) is 8.21. The highest BCUT2D eigenvalue weighted by atomic mass is 35.5. The third-order valence-corrected chi connectivity index (χ3v) is 6.51. The molecule has 2 fully saturated rings. The third kappa shape index (κ3) is 3.29. The minimum absolute atomic E-state index is 0.149. The highest BCUT2D eigenvalue weighted by Crippen LogP contribution is 2.54. The number of pyridine rings is 1. The fraction of sp³-hybridized carbons (Fsp3) is 0.273. The van der Waals surface area contributed by atoms with Gasteiger partial charge in [-0.15, -0.1) is 0 Å². The van der Waals surface area contributed by atoms with Crippen LogP contribution in [0.1, 0.15) is 12.8 Å². The highest BCUT2D eigenvalue weighted by molar-refractivity contribution is 6.31. The lowest BCUT2D eigenvalue weighted by Gasteiger charge is -2.43. The van der Waals surface area contributed by atoms with Crippen LogP contribution in [0.2, 0.25) is 10.0 Å². The Morgan fingerprint density at radius 1 is 1.16 bits per heavy atom. The molecule has 1 aliphatic carbocycles. The van der Waals surface area contributed by atoms with Crippen molar-refractivity contribution >= 4 is 29.0 Å². The molecule has 5 rings (SSSR count). The first kappa shape index (κ1) is 20.7. The van der Waals surface area contributed by atoms with Crippen molar-refractivity contribution in [2.75, 3.05) is 18.0 Å². The second-order valence-corrected chi connectivity index (χ2v) is 9.06. The highest BCUT2D eigenvalue weighted by Gasteiger charge is 2.53. The quantitative estimate of drug-likeness (QED) is 0.579.